The maximum absolute atomic E-state index is 14.3. The fraction of sp³-hybridized carbons (Fsp3) is 0.500. The average Bonchev–Trinajstić information content (AvgIpc) is 3.96. The molecule has 9 rings (SSSR count). The number of imidazole rings is 1. The highest BCUT2D eigenvalue weighted by Crippen LogP contribution is 2.36. The first-order chi connectivity index (χ1) is 30.3. The molecule has 1 saturated carbocycles. The molecule has 17 nitrogen and oxygen atoms in total. The quantitative estimate of drug-likeness (QED) is 0.126. The van der Waals surface area contributed by atoms with Gasteiger partial charge in [-0.05, 0) is 56.2 Å². The number of anilines is 2. The van der Waals surface area contributed by atoms with Crippen LogP contribution in [0.15, 0.2) is 47.7 Å². The fourth-order valence-corrected chi connectivity index (χ4v) is 9.19. The standard InChI is InChI=1S/C42H46F4N12O5/c1-52-36-27(4-2-6-31(36)58(41(52)62)32-11-12-34(59)50-40(32)61)5-3-14-53-16-18-54(19-17-53)23-26-7-9-28(10-8-26)57-24-30(35(51-57)37(43)44)48-39(60)29-22-47-56-15-13-33(49-38(29)56)55-20-21-63-42(45,46)25-55/h2,4,6,13,15,22,24,26,28,32,37H,7-12,14,16-21,23,25H2,1H3,(H,48,60)(H,50,59,61). The van der Waals surface area contributed by atoms with Crippen molar-refractivity contribution in [1.82, 2.24) is 48.6 Å². The van der Waals surface area contributed by atoms with E-state index < -0.39 is 42.6 Å². The van der Waals surface area contributed by atoms with Gasteiger partial charge in [0.1, 0.15) is 24.0 Å². The minimum atomic E-state index is -3.35. The number of benzene rings is 1. The molecule has 21 heteroatoms. The van der Waals surface area contributed by atoms with Crippen molar-refractivity contribution in [2.75, 3.05) is 69.2 Å². The number of aromatic nitrogens is 7. The molecule has 5 aromatic rings. The molecular weight excluding hydrogens is 829 g/mol. The molecule has 3 amide bonds. The van der Waals surface area contributed by atoms with Gasteiger partial charge in [0.15, 0.2) is 11.3 Å². The zero-order valence-corrected chi connectivity index (χ0v) is 34.5. The number of amides is 3. The number of alkyl halides is 4. The molecular formula is C42H46F4N12O5. The summed E-state index contributed by atoms with van der Waals surface area (Å²) in [6, 6.07) is 6.09. The van der Waals surface area contributed by atoms with Gasteiger partial charge in [-0.3, -0.25) is 38.4 Å². The van der Waals surface area contributed by atoms with Crippen molar-refractivity contribution in [2.24, 2.45) is 13.0 Å². The number of piperazine rings is 1. The summed E-state index contributed by atoms with van der Waals surface area (Å²) in [6.45, 7) is 4.19. The summed E-state index contributed by atoms with van der Waals surface area (Å²) < 4.78 is 66.6. The molecule has 1 atom stereocenters. The number of carbonyl (C=O) groups is 3. The number of para-hydroxylation sites is 1. The van der Waals surface area contributed by atoms with Gasteiger partial charge in [0, 0.05) is 65.1 Å². The van der Waals surface area contributed by atoms with Crippen molar-refractivity contribution in [3.8, 4) is 11.8 Å². The normalized spacial score (nSPS) is 22.4. The Bertz CT molecular complexity index is 2680. The lowest BCUT2D eigenvalue weighted by molar-refractivity contribution is -0.240. The van der Waals surface area contributed by atoms with Crippen LogP contribution in [0.4, 0.5) is 29.1 Å². The number of nitrogens with one attached hydrogen (secondary N) is 2. The highest BCUT2D eigenvalue weighted by molar-refractivity contribution is 6.08. The Morgan fingerprint density at radius 1 is 1.03 bits per heavy atom. The smallest absolute Gasteiger partial charge is 0.345 e. The van der Waals surface area contributed by atoms with Gasteiger partial charge in [-0.25, -0.2) is 23.1 Å². The van der Waals surface area contributed by atoms with E-state index in [1.54, 1.807) is 13.1 Å². The Morgan fingerprint density at radius 3 is 2.56 bits per heavy atom. The molecule has 1 aromatic carbocycles. The van der Waals surface area contributed by atoms with Gasteiger partial charge in [-0.1, -0.05) is 17.9 Å². The van der Waals surface area contributed by atoms with Crippen LogP contribution in [0.25, 0.3) is 16.7 Å². The number of morpholine rings is 1. The lowest BCUT2D eigenvalue weighted by atomic mass is 9.85. The van der Waals surface area contributed by atoms with Crippen LogP contribution < -0.4 is 21.2 Å². The highest BCUT2D eigenvalue weighted by Gasteiger charge is 2.38. The van der Waals surface area contributed by atoms with E-state index in [-0.39, 0.29) is 66.3 Å². The molecule has 1 aliphatic carbocycles. The number of imide groups is 1. The van der Waals surface area contributed by atoms with Crippen LogP contribution in [0.1, 0.15) is 78.6 Å². The number of rotatable bonds is 9. The van der Waals surface area contributed by atoms with Crippen LogP contribution in [0.2, 0.25) is 0 Å². The van der Waals surface area contributed by atoms with E-state index in [1.165, 1.54) is 47.9 Å². The highest BCUT2D eigenvalue weighted by atomic mass is 19.3. The van der Waals surface area contributed by atoms with Gasteiger partial charge in [0.05, 0.1) is 47.7 Å². The topological polar surface area (TPSA) is 169 Å². The van der Waals surface area contributed by atoms with Gasteiger partial charge in [-0.15, -0.1) is 0 Å². The molecule has 0 radical (unpaired) electrons. The van der Waals surface area contributed by atoms with Crippen molar-refractivity contribution in [3.63, 3.8) is 0 Å². The maximum atomic E-state index is 14.3. The van der Waals surface area contributed by atoms with Crippen LogP contribution in [-0.4, -0.2) is 126 Å². The molecule has 3 saturated heterocycles. The van der Waals surface area contributed by atoms with E-state index in [4.69, 9.17) is 0 Å². The SMILES string of the molecule is Cn1c(=O)n(C2CCC(=O)NC2=O)c2cccc(C#CCN3CCN(CC4CCC(n5cc(NC(=O)c6cnn7ccc(N8CCOC(F)(F)C8)nc67)c(C(F)F)n5)CC4)CC3)c21. The Morgan fingerprint density at radius 2 is 1.81 bits per heavy atom. The van der Waals surface area contributed by atoms with Gasteiger partial charge in [-0.2, -0.15) is 19.0 Å². The van der Waals surface area contributed by atoms with Crippen molar-refractivity contribution in [3.05, 3.63) is 70.2 Å². The number of piperidine rings is 1. The van der Waals surface area contributed by atoms with Gasteiger partial charge in [0.25, 0.3) is 12.3 Å². The summed E-state index contributed by atoms with van der Waals surface area (Å²) in [5, 5.41) is 13.3. The second-order valence-corrected chi connectivity index (χ2v) is 16.6. The second kappa shape index (κ2) is 17.2. The van der Waals surface area contributed by atoms with E-state index in [0.717, 1.165) is 58.4 Å². The summed E-state index contributed by atoms with van der Waals surface area (Å²) in [6.07, 6.45) is 1.60. The van der Waals surface area contributed by atoms with E-state index in [1.807, 2.05) is 12.1 Å². The van der Waals surface area contributed by atoms with Crippen molar-refractivity contribution in [2.45, 2.75) is 63.1 Å². The first-order valence-corrected chi connectivity index (χ1v) is 21.1. The Kier molecular flexibility index (Phi) is 11.5. The van der Waals surface area contributed by atoms with Crippen molar-refractivity contribution >= 4 is 45.9 Å². The third-order valence-corrected chi connectivity index (χ3v) is 12.5. The molecule has 4 fully saturated rings. The maximum Gasteiger partial charge on any atom is 0.373 e. The van der Waals surface area contributed by atoms with Crippen LogP contribution in [0.3, 0.4) is 0 Å². The summed E-state index contributed by atoms with van der Waals surface area (Å²) in [5.41, 5.74) is 1.01. The first kappa shape index (κ1) is 42.2. The largest absolute Gasteiger partial charge is 0.373 e. The predicted molar refractivity (Wildman–Crippen MR) is 221 cm³/mol. The Hall–Kier alpha value is -6.11. The molecule has 4 aromatic heterocycles. The number of hydrogen-bond donors (Lipinski definition) is 2. The van der Waals surface area contributed by atoms with E-state index >= 15 is 0 Å². The lowest BCUT2D eigenvalue weighted by Crippen LogP contribution is -2.48. The predicted octanol–water partition coefficient (Wildman–Crippen LogP) is 3.58. The van der Waals surface area contributed by atoms with E-state index in [9.17, 15) is 36.7 Å². The number of nitrogens with zero attached hydrogens (tertiary/aromatic N) is 10. The van der Waals surface area contributed by atoms with Crippen LogP contribution in [0.5, 0.6) is 0 Å². The molecule has 7 heterocycles. The summed E-state index contributed by atoms with van der Waals surface area (Å²) in [5.74, 6) is 5.61. The third kappa shape index (κ3) is 8.66. The fourth-order valence-electron chi connectivity index (χ4n) is 9.19. The average molecular weight is 875 g/mol. The summed E-state index contributed by atoms with van der Waals surface area (Å²) in [4.78, 5) is 61.5. The minimum Gasteiger partial charge on any atom is -0.345 e. The molecule has 1 unspecified atom stereocenters. The molecule has 332 valence electrons. The monoisotopic (exact) mass is 874 g/mol. The zero-order valence-electron chi connectivity index (χ0n) is 34.5. The number of ether oxygens (including phenoxy) is 1. The summed E-state index contributed by atoms with van der Waals surface area (Å²) in [7, 11) is 1.66. The molecule has 4 aliphatic rings. The Labute approximate surface area is 357 Å². The molecule has 0 spiro atoms. The van der Waals surface area contributed by atoms with Crippen molar-refractivity contribution < 1.29 is 36.7 Å². The van der Waals surface area contributed by atoms with Gasteiger partial charge < -0.3 is 19.9 Å². The number of halogens is 4. The van der Waals surface area contributed by atoms with Crippen LogP contribution >= 0.6 is 0 Å². The number of aryl methyl sites for hydroxylation is 1. The van der Waals surface area contributed by atoms with Gasteiger partial charge in [0.2, 0.25) is 11.8 Å². The van der Waals surface area contributed by atoms with Gasteiger partial charge >= 0.3 is 11.8 Å². The third-order valence-electron chi connectivity index (χ3n) is 12.5. The summed E-state index contributed by atoms with van der Waals surface area (Å²) >= 11 is 0. The minimum absolute atomic E-state index is 0.0115. The number of hydrogen-bond acceptors (Lipinski definition) is 11. The molecule has 63 heavy (non-hydrogen) atoms. The Balaban J connectivity index is 0.770. The number of carbonyl (C=O) groups excluding carboxylic acids is 3. The van der Waals surface area contributed by atoms with E-state index in [0.29, 0.717) is 29.1 Å². The molecule has 2 N–H and O–H groups in total. The van der Waals surface area contributed by atoms with Crippen LogP contribution in [-0.2, 0) is 21.4 Å². The van der Waals surface area contributed by atoms with E-state index in [2.05, 4.69) is 52.2 Å². The molecule has 0 bridgehead atoms. The second-order valence-electron chi connectivity index (χ2n) is 16.6. The zero-order chi connectivity index (χ0) is 44.0. The van der Waals surface area contributed by atoms with Crippen molar-refractivity contribution in [1.29, 1.82) is 0 Å². The molecule has 3 aliphatic heterocycles. The van der Waals surface area contributed by atoms with Crippen LogP contribution in [0, 0.1) is 17.8 Å². The lowest BCUT2D eigenvalue weighted by Gasteiger charge is -2.37. The number of fused-ring (bicyclic) bond motifs is 2. The first-order valence-electron chi connectivity index (χ1n) is 21.1.